The summed E-state index contributed by atoms with van der Waals surface area (Å²) in [4.78, 5) is 31.3. The van der Waals surface area contributed by atoms with E-state index < -0.39 is 0 Å². The van der Waals surface area contributed by atoms with Gasteiger partial charge in [0.1, 0.15) is 12.4 Å². The number of benzene rings is 2. The Morgan fingerprint density at radius 1 is 1.10 bits per heavy atom. The fraction of sp³-hybridized carbons (Fsp3) is 0.261. The van der Waals surface area contributed by atoms with Crippen LogP contribution < -0.4 is 10.2 Å². The highest BCUT2D eigenvalue weighted by atomic mass is 16.2. The Hall–Kier alpha value is -3.41. The lowest BCUT2D eigenvalue weighted by atomic mass is 10.2. The summed E-state index contributed by atoms with van der Waals surface area (Å²) in [6.07, 6.45) is 0.526. The molecule has 1 heterocycles. The van der Waals surface area contributed by atoms with Gasteiger partial charge in [0.05, 0.1) is 11.0 Å². The summed E-state index contributed by atoms with van der Waals surface area (Å²) < 4.78 is 1.94. The third kappa shape index (κ3) is 4.71. The number of likely N-dealkylation sites (N-methyl/N-ethyl adjacent to an activating group) is 1. The first kappa shape index (κ1) is 20.3. The molecule has 1 N–H and O–H groups in total. The zero-order valence-corrected chi connectivity index (χ0v) is 16.9. The first-order valence-corrected chi connectivity index (χ1v) is 9.74. The Labute approximate surface area is 170 Å². The number of rotatable bonds is 8. The molecule has 0 unspecified atom stereocenters. The van der Waals surface area contributed by atoms with E-state index in [-0.39, 0.29) is 18.4 Å². The number of anilines is 1. The number of hydrogen-bond donors (Lipinski definition) is 1. The van der Waals surface area contributed by atoms with Crippen LogP contribution in [0.25, 0.3) is 11.0 Å². The maximum absolute atomic E-state index is 13.1. The van der Waals surface area contributed by atoms with Crippen molar-refractivity contribution in [1.82, 2.24) is 14.9 Å². The number of nitrogens with one attached hydrogen (secondary N) is 1. The molecular formula is C23H26N4O2. The second kappa shape index (κ2) is 9.19. The van der Waals surface area contributed by atoms with Crippen LogP contribution >= 0.6 is 0 Å². The van der Waals surface area contributed by atoms with E-state index in [4.69, 9.17) is 0 Å². The molecule has 3 aromatic rings. The van der Waals surface area contributed by atoms with E-state index in [1.54, 1.807) is 11.8 Å². The number of aromatic nitrogens is 2. The zero-order valence-electron chi connectivity index (χ0n) is 16.9. The van der Waals surface area contributed by atoms with Gasteiger partial charge in [0.2, 0.25) is 11.8 Å². The first-order chi connectivity index (χ1) is 14.0. The molecule has 0 aliphatic rings. The number of imidazole rings is 1. The lowest BCUT2D eigenvalue weighted by Crippen LogP contribution is -2.34. The van der Waals surface area contributed by atoms with E-state index in [0.29, 0.717) is 25.1 Å². The van der Waals surface area contributed by atoms with Gasteiger partial charge < -0.3 is 14.8 Å². The summed E-state index contributed by atoms with van der Waals surface area (Å²) in [7, 11) is 0. The van der Waals surface area contributed by atoms with Crippen molar-refractivity contribution in [3.63, 3.8) is 0 Å². The zero-order chi connectivity index (χ0) is 20.8. The first-order valence-electron chi connectivity index (χ1n) is 9.74. The third-order valence-electron chi connectivity index (χ3n) is 4.73. The van der Waals surface area contributed by atoms with Gasteiger partial charge in [-0.15, -0.1) is 0 Å². The van der Waals surface area contributed by atoms with Gasteiger partial charge in [0.15, 0.2) is 0 Å². The Morgan fingerprint density at radius 2 is 1.79 bits per heavy atom. The van der Waals surface area contributed by atoms with Crippen LogP contribution in [0.1, 0.15) is 19.7 Å². The molecule has 3 rings (SSSR count). The van der Waals surface area contributed by atoms with Crippen LogP contribution in [0.3, 0.4) is 0 Å². The molecule has 2 amide bonds. The Balaban J connectivity index is 1.84. The lowest BCUT2D eigenvalue weighted by Gasteiger charge is -2.22. The molecular weight excluding hydrogens is 364 g/mol. The molecule has 0 fully saturated rings. The smallest absolute Gasteiger partial charge is 0.246 e. The Bertz CT molecular complexity index is 1020. The highest BCUT2D eigenvalue weighted by molar-refractivity contribution is 5.94. The van der Waals surface area contributed by atoms with Gasteiger partial charge in [-0.05, 0) is 38.1 Å². The average molecular weight is 390 g/mol. The molecule has 0 aliphatic heterocycles. The van der Waals surface area contributed by atoms with Crippen LogP contribution in [0.15, 0.2) is 66.7 Å². The normalized spacial score (nSPS) is 10.7. The number of nitrogens with zero attached hydrogens (tertiary/aromatic N) is 3. The van der Waals surface area contributed by atoms with E-state index in [1.165, 1.54) is 0 Å². The second-order valence-corrected chi connectivity index (χ2v) is 6.86. The van der Waals surface area contributed by atoms with E-state index in [9.17, 15) is 9.59 Å². The summed E-state index contributed by atoms with van der Waals surface area (Å²) in [5, 5.41) is 2.83. The quantitative estimate of drug-likeness (QED) is 0.600. The van der Waals surface area contributed by atoms with Crippen molar-refractivity contribution in [3.8, 4) is 0 Å². The van der Waals surface area contributed by atoms with Gasteiger partial charge >= 0.3 is 0 Å². The summed E-state index contributed by atoms with van der Waals surface area (Å²) in [6.45, 7) is 8.48. The molecule has 2 aromatic carbocycles. The van der Waals surface area contributed by atoms with Crippen LogP contribution in [-0.4, -0.2) is 34.5 Å². The predicted octanol–water partition coefficient (Wildman–Crippen LogP) is 3.32. The molecule has 29 heavy (non-hydrogen) atoms. The van der Waals surface area contributed by atoms with Gasteiger partial charge in [-0.2, -0.15) is 0 Å². The predicted molar refractivity (Wildman–Crippen MR) is 116 cm³/mol. The van der Waals surface area contributed by atoms with E-state index in [1.807, 2.05) is 66.1 Å². The average Bonchev–Trinajstić information content (AvgIpc) is 3.06. The fourth-order valence-corrected chi connectivity index (χ4v) is 3.26. The van der Waals surface area contributed by atoms with Crippen molar-refractivity contribution in [1.29, 1.82) is 0 Å². The van der Waals surface area contributed by atoms with Crippen molar-refractivity contribution < 1.29 is 9.59 Å². The molecule has 150 valence electrons. The molecule has 0 saturated heterocycles. The van der Waals surface area contributed by atoms with Crippen LogP contribution in [0.5, 0.6) is 0 Å². The fourth-order valence-electron chi connectivity index (χ4n) is 3.26. The molecule has 0 spiro atoms. The number of fused-ring (bicyclic) bond motifs is 1. The highest BCUT2D eigenvalue weighted by Gasteiger charge is 2.18. The van der Waals surface area contributed by atoms with E-state index in [2.05, 4.69) is 16.9 Å². The van der Waals surface area contributed by atoms with Gasteiger partial charge in [-0.3, -0.25) is 9.59 Å². The van der Waals surface area contributed by atoms with Crippen molar-refractivity contribution in [2.45, 2.75) is 26.8 Å². The van der Waals surface area contributed by atoms with Gasteiger partial charge in [0.25, 0.3) is 0 Å². The minimum absolute atomic E-state index is 0.00549. The minimum Gasteiger partial charge on any atom is -0.352 e. The molecule has 6 nitrogen and oxygen atoms in total. The van der Waals surface area contributed by atoms with Crippen LogP contribution in [0, 0.1) is 0 Å². The molecule has 0 radical (unpaired) electrons. The Morgan fingerprint density at radius 3 is 2.48 bits per heavy atom. The monoisotopic (exact) mass is 390 g/mol. The topological polar surface area (TPSA) is 67.2 Å². The third-order valence-corrected chi connectivity index (χ3v) is 4.73. The molecule has 0 aliphatic carbocycles. The van der Waals surface area contributed by atoms with Crippen LogP contribution in [0.4, 0.5) is 5.69 Å². The van der Waals surface area contributed by atoms with Crippen LogP contribution in [0.2, 0.25) is 0 Å². The molecule has 6 heteroatoms. The van der Waals surface area contributed by atoms with Crippen LogP contribution in [-0.2, 0) is 22.6 Å². The van der Waals surface area contributed by atoms with Crippen molar-refractivity contribution in [3.05, 3.63) is 72.6 Å². The number of hydrogen-bond acceptors (Lipinski definition) is 3. The second-order valence-electron chi connectivity index (χ2n) is 6.86. The maximum atomic E-state index is 13.1. The number of para-hydroxylation sites is 3. The van der Waals surface area contributed by atoms with E-state index in [0.717, 1.165) is 22.5 Å². The number of amides is 2. The summed E-state index contributed by atoms with van der Waals surface area (Å²) >= 11 is 0. The van der Waals surface area contributed by atoms with E-state index >= 15 is 0 Å². The van der Waals surface area contributed by atoms with Crippen molar-refractivity contribution in [2.24, 2.45) is 0 Å². The molecule has 0 bridgehead atoms. The van der Waals surface area contributed by atoms with Crippen molar-refractivity contribution >= 4 is 28.5 Å². The summed E-state index contributed by atoms with van der Waals surface area (Å²) in [5.41, 5.74) is 3.09. The highest BCUT2D eigenvalue weighted by Crippen LogP contribution is 2.19. The molecule has 0 atom stereocenters. The summed E-state index contributed by atoms with van der Waals surface area (Å²) in [6, 6.07) is 17.4. The standard InChI is InChI=1S/C23H26N4O2/c1-4-26(18-10-6-5-7-11-18)22(28)16-27-20-13-9-8-12-19(20)25-21(27)14-15-24-23(29)17(2)3/h5-13H,2,4,14-16H2,1,3H3,(H,24,29). The number of carbonyl (C=O) groups excluding carboxylic acids is 2. The van der Waals surface area contributed by atoms with Gasteiger partial charge in [0, 0.05) is 30.8 Å². The summed E-state index contributed by atoms with van der Waals surface area (Å²) in [5.74, 6) is 0.588. The molecule has 0 saturated carbocycles. The van der Waals surface area contributed by atoms with Gasteiger partial charge in [-0.1, -0.05) is 36.9 Å². The molecule has 1 aromatic heterocycles. The maximum Gasteiger partial charge on any atom is 0.246 e. The van der Waals surface area contributed by atoms with Gasteiger partial charge in [-0.25, -0.2) is 4.98 Å². The Kier molecular flexibility index (Phi) is 6.44. The van der Waals surface area contributed by atoms with Crippen molar-refractivity contribution in [2.75, 3.05) is 18.0 Å². The SMILES string of the molecule is C=C(C)C(=O)NCCc1nc2ccccc2n1CC(=O)N(CC)c1ccccc1. The minimum atomic E-state index is -0.176. The number of carbonyl (C=O) groups is 2. The lowest BCUT2D eigenvalue weighted by molar-refractivity contribution is -0.119. The largest absolute Gasteiger partial charge is 0.352 e.